The van der Waals surface area contributed by atoms with Crippen molar-refractivity contribution < 1.29 is 18.3 Å². The zero-order valence-corrected chi connectivity index (χ0v) is 17.0. The Labute approximate surface area is 171 Å². The molecule has 1 N–H and O–H groups in total. The number of carbonyl (C=O) groups excluding carboxylic acids is 1. The van der Waals surface area contributed by atoms with E-state index >= 15 is 0 Å². The molecule has 2 aromatic rings. The summed E-state index contributed by atoms with van der Waals surface area (Å²) >= 11 is 0.342. The van der Waals surface area contributed by atoms with Crippen LogP contribution in [0.1, 0.15) is 16.2 Å². The average Bonchev–Trinajstić information content (AvgIpc) is 2.72. The summed E-state index contributed by atoms with van der Waals surface area (Å²) in [6, 6.07) is 6.26. The summed E-state index contributed by atoms with van der Waals surface area (Å²) in [5, 5.41) is 2.71. The van der Waals surface area contributed by atoms with E-state index in [-0.39, 0.29) is 17.0 Å². The zero-order chi connectivity index (χ0) is 20.8. The second-order valence-corrected chi connectivity index (χ2v) is 7.43. The van der Waals surface area contributed by atoms with Crippen LogP contribution in [0.3, 0.4) is 0 Å². The molecule has 1 fully saturated rings. The molecule has 0 spiro atoms. The average molecular weight is 424 g/mol. The predicted octanol–water partition coefficient (Wildman–Crippen LogP) is 2.02. The Kier molecular flexibility index (Phi) is 7.15. The van der Waals surface area contributed by atoms with Gasteiger partial charge in [-0.2, -0.15) is 23.7 Å². The first-order valence-electron chi connectivity index (χ1n) is 9.01. The van der Waals surface area contributed by atoms with E-state index in [1.165, 1.54) is 12.1 Å². The third kappa shape index (κ3) is 5.73. The van der Waals surface area contributed by atoms with E-state index in [0.29, 0.717) is 55.8 Å². The first-order chi connectivity index (χ1) is 13.9. The molecule has 1 aromatic heterocycles. The third-order valence-electron chi connectivity index (χ3n) is 4.11. The molecule has 1 aliphatic heterocycles. The van der Waals surface area contributed by atoms with Gasteiger partial charge in [-0.15, -0.1) is 0 Å². The maximum atomic E-state index is 12.7. The fourth-order valence-electron chi connectivity index (χ4n) is 2.69. The highest BCUT2D eigenvalue weighted by Gasteiger charge is 2.19. The SMILES string of the molecule is CN(C)c1nc(CNC(=O)c2ccccc2SC(F)F)nc(N2CCOCC2)n1. The number of hydrogen-bond donors (Lipinski definition) is 1. The second-order valence-electron chi connectivity index (χ2n) is 6.40. The van der Waals surface area contributed by atoms with Gasteiger partial charge in [0.05, 0.1) is 25.3 Å². The minimum atomic E-state index is -2.61. The molecule has 0 aliphatic carbocycles. The Morgan fingerprint density at radius 2 is 1.97 bits per heavy atom. The number of rotatable bonds is 7. The summed E-state index contributed by atoms with van der Waals surface area (Å²) in [6.07, 6.45) is 0. The van der Waals surface area contributed by atoms with Crippen molar-refractivity contribution in [3.05, 3.63) is 35.7 Å². The highest BCUT2D eigenvalue weighted by Crippen LogP contribution is 2.28. The van der Waals surface area contributed by atoms with Crippen molar-refractivity contribution in [3.8, 4) is 0 Å². The van der Waals surface area contributed by atoms with Gasteiger partial charge in [0.25, 0.3) is 11.7 Å². The van der Waals surface area contributed by atoms with E-state index in [0.717, 1.165) is 0 Å². The fourth-order valence-corrected chi connectivity index (χ4v) is 3.32. The maximum Gasteiger partial charge on any atom is 0.288 e. The van der Waals surface area contributed by atoms with Gasteiger partial charge in [0.1, 0.15) is 0 Å². The zero-order valence-electron chi connectivity index (χ0n) is 16.1. The summed E-state index contributed by atoms with van der Waals surface area (Å²) in [6.45, 7) is 2.57. The van der Waals surface area contributed by atoms with Crippen LogP contribution in [0, 0.1) is 0 Å². The van der Waals surface area contributed by atoms with E-state index in [4.69, 9.17) is 4.74 Å². The van der Waals surface area contributed by atoms with Gasteiger partial charge in [-0.05, 0) is 12.1 Å². The summed E-state index contributed by atoms with van der Waals surface area (Å²) < 4.78 is 30.8. The Morgan fingerprint density at radius 1 is 1.24 bits per heavy atom. The minimum Gasteiger partial charge on any atom is -0.378 e. The topological polar surface area (TPSA) is 83.5 Å². The molecule has 0 unspecified atom stereocenters. The molecule has 1 aromatic carbocycles. The summed E-state index contributed by atoms with van der Waals surface area (Å²) in [5.41, 5.74) is 0.188. The van der Waals surface area contributed by atoms with E-state index in [1.54, 1.807) is 17.0 Å². The van der Waals surface area contributed by atoms with Crippen molar-refractivity contribution in [3.63, 3.8) is 0 Å². The first-order valence-corrected chi connectivity index (χ1v) is 9.89. The molecule has 0 radical (unpaired) electrons. The van der Waals surface area contributed by atoms with Crippen molar-refractivity contribution in [2.24, 2.45) is 0 Å². The molecule has 0 saturated carbocycles. The third-order valence-corrected chi connectivity index (χ3v) is 4.89. The monoisotopic (exact) mass is 424 g/mol. The molecular weight excluding hydrogens is 402 g/mol. The highest BCUT2D eigenvalue weighted by atomic mass is 32.2. The number of carbonyl (C=O) groups is 1. The van der Waals surface area contributed by atoms with Crippen molar-refractivity contribution in [1.29, 1.82) is 0 Å². The van der Waals surface area contributed by atoms with Crippen molar-refractivity contribution >= 4 is 29.6 Å². The number of nitrogens with zero attached hydrogens (tertiary/aromatic N) is 5. The molecule has 1 saturated heterocycles. The molecule has 29 heavy (non-hydrogen) atoms. The Balaban J connectivity index is 1.76. The smallest absolute Gasteiger partial charge is 0.288 e. The standard InChI is InChI=1S/C18H22F2N6O2S/c1-25(2)17-22-14(23-18(24-17)26-7-9-28-10-8-26)11-21-15(27)12-5-3-4-6-13(12)29-16(19)20/h3-6,16H,7-11H2,1-2H3,(H,21,27). The fraction of sp³-hybridized carbons (Fsp3) is 0.444. The lowest BCUT2D eigenvalue weighted by Crippen LogP contribution is -2.38. The van der Waals surface area contributed by atoms with Crippen LogP contribution in [0.4, 0.5) is 20.7 Å². The van der Waals surface area contributed by atoms with Gasteiger partial charge in [0, 0.05) is 32.1 Å². The van der Waals surface area contributed by atoms with Crippen LogP contribution in [0.15, 0.2) is 29.2 Å². The molecule has 0 atom stereocenters. The summed E-state index contributed by atoms with van der Waals surface area (Å²) in [5.74, 6) is -1.69. The Bertz CT molecular complexity index is 849. The number of nitrogens with one attached hydrogen (secondary N) is 1. The number of ether oxygens (including phenoxy) is 1. The molecule has 3 rings (SSSR count). The number of halogens is 2. The van der Waals surface area contributed by atoms with E-state index in [9.17, 15) is 13.6 Å². The Hall–Kier alpha value is -2.53. The number of hydrogen-bond acceptors (Lipinski definition) is 8. The van der Waals surface area contributed by atoms with Gasteiger partial charge in [-0.1, -0.05) is 23.9 Å². The lowest BCUT2D eigenvalue weighted by Gasteiger charge is -2.27. The molecular formula is C18H22F2N6O2S. The lowest BCUT2D eigenvalue weighted by molar-refractivity contribution is 0.0947. The van der Waals surface area contributed by atoms with Crippen LogP contribution < -0.4 is 15.1 Å². The van der Waals surface area contributed by atoms with Crippen molar-refractivity contribution in [1.82, 2.24) is 20.3 Å². The van der Waals surface area contributed by atoms with Crippen molar-refractivity contribution in [2.75, 3.05) is 50.2 Å². The van der Waals surface area contributed by atoms with Gasteiger partial charge in [0.2, 0.25) is 11.9 Å². The summed E-state index contributed by atoms with van der Waals surface area (Å²) in [7, 11) is 3.64. The van der Waals surface area contributed by atoms with Crippen LogP contribution >= 0.6 is 11.8 Å². The molecule has 1 aliphatic rings. The van der Waals surface area contributed by atoms with Gasteiger partial charge in [-0.25, -0.2) is 0 Å². The van der Waals surface area contributed by atoms with Crippen molar-refractivity contribution in [2.45, 2.75) is 17.2 Å². The predicted molar refractivity (Wildman–Crippen MR) is 107 cm³/mol. The van der Waals surface area contributed by atoms with Gasteiger partial charge in [-0.3, -0.25) is 4.79 Å². The largest absolute Gasteiger partial charge is 0.378 e. The molecule has 1 amide bonds. The summed E-state index contributed by atoms with van der Waals surface area (Å²) in [4.78, 5) is 29.8. The van der Waals surface area contributed by atoms with Gasteiger partial charge in [0.15, 0.2) is 5.82 Å². The second kappa shape index (κ2) is 9.79. The quantitative estimate of drug-likeness (QED) is 0.676. The first kappa shape index (κ1) is 21.2. The molecule has 2 heterocycles. The lowest BCUT2D eigenvalue weighted by atomic mass is 10.2. The number of amides is 1. The van der Waals surface area contributed by atoms with E-state index in [2.05, 4.69) is 20.3 Å². The van der Waals surface area contributed by atoms with E-state index in [1.807, 2.05) is 19.0 Å². The number of benzene rings is 1. The number of alkyl halides is 2. The van der Waals surface area contributed by atoms with Crippen LogP contribution in [0.2, 0.25) is 0 Å². The van der Waals surface area contributed by atoms with Crippen LogP contribution in [0.25, 0.3) is 0 Å². The van der Waals surface area contributed by atoms with Gasteiger partial charge < -0.3 is 19.9 Å². The number of anilines is 2. The number of morpholine rings is 1. The molecule has 156 valence electrons. The molecule has 8 nitrogen and oxygen atoms in total. The molecule has 11 heteroatoms. The Morgan fingerprint density at radius 3 is 2.66 bits per heavy atom. The van der Waals surface area contributed by atoms with Crippen LogP contribution in [-0.2, 0) is 11.3 Å². The maximum absolute atomic E-state index is 12.7. The highest BCUT2D eigenvalue weighted by molar-refractivity contribution is 7.99. The number of aromatic nitrogens is 3. The minimum absolute atomic E-state index is 0.0488. The van der Waals surface area contributed by atoms with E-state index < -0.39 is 11.7 Å². The van der Waals surface area contributed by atoms with Crippen LogP contribution in [0.5, 0.6) is 0 Å². The normalized spacial score (nSPS) is 14.2. The van der Waals surface area contributed by atoms with Gasteiger partial charge >= 0.3 is 0 Å². The molecule has 0 bridgehead atoms. The number of thioether (sulfide) groups is 1. The van der Waals surface area contributed by atoms with Crippen LogP contribution in [-0.4, -0.2) is 67.0 Å².